The molecule has 1 atom stereocenters. The Hall–Kier alpha value is -3.41. The molecule has 0 saturated carbocycles. The molecule has 2 aliphatic rings. The molecule has 3 heterocycles. The predicted octanol–water partition coefficient (Wildman–Crippen LogP) is 3.40. The normalized spacial score (nSPS) is 20.1. The average molecular weight is 386 g/mol. The van der Waals surface area contributed by atoms with Gasteiger partial charge in [-0.15, -0.1) is 0 Å². The summed E-state index contributed by atoms with van der Waals surface area (Å²) in [6, 6.07) is 12.1. The largest absolute Gasteiger partial charge is 0.314 e. The molecule has 0 bridgehead atoms. The zero-order valence-electron chi connectivity index (χ0n) is 16.9. The number of benzene rings is 2. The van der Waals surface area contributed by atoms with Gasteiger partial charge >= 0.3 is 0 Å². The van der Waals surface area contributed by atoms with Gasteiger partial charge in [-0.05, 0) is 44.0 Å². The van der Waals surface area contributed by atoms with Crippen molar-refractivity contribution in [2.45, 2.75) is 32.6 Å². The van der Waals surface area contributed by atoms with E-state index in [2.05, 4.69) is 16.5 Å². The molecule has 6 nitrogen and oxygen atoms in total. The van der Waals surface area contributed by atoms with E-state index in [-0.39, 0.29) is 18.2 Å². The zero-order chi connectivity index (χ0) is 20.5. The Morgan fingerprint density at radius 2 is 1.66 bits per heavy atom. The fraction of sp³-hybridized carbons (Fsp3) is 0.261. The quantitative estimate of drug-likeness (QED) is 0.697. The van der Waals surface area contributed by atoms with E-state index in [1.54, 1.807) is 22.8 Å². The van der Waals surface area contributed by atoms with Gasteiger partial charge in [-0.3, -0.25) is 9.59 Å². The Morgan fingerprint density at radius 3 is 2.38 bits per heavy atom. The molecule has 0 fully saturated rings. The van der Waals surface area contributed by atoms with Crippen molar-refractivity contribution in [1.82, 2.24) is 9.78 Å². The van der Waals surface area contributed by atoms with Crippen LogP contribution < -0.4 is 10.2 Å². The number of aryl methyl sites for hydroxylation is 3. The fourth-order valence-corrected chi connectivity index (χ4v) is 4.75. The number of hydrogen-bond acceptors (Lipinski definition) is 3. The second-order valence-corrected chi connectivity index (χ2v) is 8.12. The van der Waals surface area contributed by atoms with Gasteiger partial charge in [0.2, 0.25) is 11.8 Å². The highest BCUT2D eigenvalue weighted by Crippen LogP contribution is 2.52. The van der Waals surface area contributed by atoms with Gasteiger partial charge in [-0.25, -0.2) is 4.68 Å². The van der Waals surface area contributed by atoms with Gasteiger partial charge in [0.1, 0.15) is 11.2 Å². The number of anilines is 2. The first-order valence-electron chi connectivity index (χ1n) is 9.68. The van der Waals surface area contributed by atoms with E-state index in [1.165, 1.54) is 0 Å². The van der Waals surface area contributed by atoms with E-state index in [1.807, 2.05) is 51.1 Å². The molecule has 2 aliphatic heterocycles. The lowest BCUT2D eigenvalue weighted by atomic mass is 9.71. The summed E-state index contributed by atoms with van der Waals surface area (Å²) in [5.74, 6) is 0.304. The lowest BCUT2D eigenvalue weighted by Gasteiger charge is -2.32. The molecule has 0 saturated heterocycles. The third-order valence-electron chi connectivity index (χ3n) is 6.14. The van der Waals surface area contributed by atoms with Gasteiger partial charge in [0.15, 0.2) is 0 Å². The highest BCUT2D eigenvalue weighted by Gasteiger charge is 2.56. The van der Waals surface area contributed by atoms with Crippen LogP contribution in [0.2, 0.25) is 0 Å². The second kappa shape index (κ2) is 5.80. The van der Waals surface area contributed by atoms with Gasteiger partial charge in [0, 0.05) is 24.7 Å². The molecule has 5 rings (SSSR count). The lowest BCUT2D eigenvalue weighted by Crippen LogP contribution is -2.45. The van der Waals surface area contributed by atoms with E-state index in [9.17, 15) is 9.59 Å². The van der Waals surface area contributed by atoms with Crippen molar-refractivity contribution in [2.24, 2.45) is 0 Å². The van der Waals surface area contributed by atoms with Gasteiger partial charge < -0.3 is 10.2 Å². The van der Waals surface area contributed by atoms with Crippen LogP contribution in [0.15, 0.2) is 42.6 Å². The highest BCUT2D eigenvalue weighted by molar-refractivity contribution is 6.15. The maximum atomic E-state index is 13.5. The first-order valence-corrected chi connectivity index (χ1v) is 9.68. The van der Waals surface area contributed by atoms with Crippen molar-refractivity contribution < 1.29 is 9.59 Å². The first-order chi connectivity index (χ1) is 13.8. The molecule has 29 heavy (non-hydrogen) atoms. The van der Waals surface area contributed by atoms with Crippen molar-refractivity contribution in [3.05, 3.63) is 70.4 Å². The van der Waals surface area contributed by atoms with Crippen LogP contribution in [0.25, 0.3) is 5.69 Å². The predicted molar refractivity (Wildman–Crippen MR) is 112 cm³/mol. The molecule has 0 aliphatic carbocycles. The molecule has 146 valence electrons. The van der Waals surface area contributed by atoms with Crippen LogP contribution in [-0.2, 0) is 15.0 Å². The van der Waals surface area contributed by atoms with Crippen LogP contribution in [0.1, 0.15) is 34.2 Å². The number of aromatic nitrogens is 2. The maximum absolute atomic E-state index is 13.5. The molecule has 0 radical (unpaired) electrons. The van der Waals surface area contributed by atoms with E-state index in [0.29, 0.717) is 5.82 Å². The third-order valence-corrected chi connectivity index (χ3v) is 6.14. The van der Waals surface area contributed by atoms with Gasteiger partial charge in [0.05, 0.1) is 11.9 Å². The first kappa shape index (κ1) is 17.7. The third kappa shape index (κ3) is 2.26. The van der Waals surface area contributed by atoms with Crippen molar-refractivity contribution in [3.63, 3.8) is 0 Å². The van der Waals surface area contributed by atoms with E-state index >= 15 is 0 Å². The number of carbonyl (C=O) groups excluding carboxylic acids is 2. The average Bonchev–Trinajstić information content (AvgIpc) is 3.17. The van der Waals surface area contributed by atoms with E-state index in [0.717, 1.165) is 39.2 Å². The molecular formula is C23H22N4O2. The molecular weight excluding hydrogens is 364 g/mol. The summed E-state index contributed by atoms with van der Waals surface area (Å²) < 4.78 is 1.74. The Bertz CT molecular complexity index is 1210. The molecule has 0 unspecified atom stereocenters. The number of nitrogens with one attached hydrogen (secondary N) is 1. The monoisotopic (exact) mass is 386 g/mol. The second-order valence-electron chi connectivity index (χ2n) is 8.12. The number of carbonyl (C=O) groups is 2. The summed E-state index contributed by atoms with van der Waals surface area (Å²) in [6.45, 7) is 6.06. The molecule has 1 spiro atoms. The topological polar surface area (TPSA) is 67.2 Å². The Kier molecular flexibility index (Phi) is 3.53. The Labute approximate surface area is 169 Å². The standard InChI is InChI=1S/C23H22N4O2/c1-13-5-7-18(15(3)9-13)27-21-17(12-24-27)23(11-20(28)25-21)16-10-14(2)6-8-19(16)26(4)22(23)29/h5-10,12H,11H2,1-4H3,(H,25,28)/t23-/m0/s1. The summed E-state index contributed by atoms with van der Waals surface area (Å²) in [5, 5.41) is 7.57. The highest BCUT2D eigenvalue weighted by atomic mass is 16.2. The van der Waals surface area contributed by atoms with Crippen LogP contribution in [0.5, 0.6) is 0 Å². The summed E-state index contributed by atoms with van der Waals surface area (Å²) in [4.78, 5) is 28.0. The number of hydrogen-bond donors (Lipinski definition) is 1. The van der Waals surface area contributed by atoms with E-state index in [4.69, 9.17) is 0 Å². The van der Waals surface area contributed by atoms with Crippen LogP contribution in [0, 0.1) is 20.8 Å². The van der Waals surface area contributed by atoms with Gasteiger partial charge in [0.25, 0.3) is 0 Å². The van der Waals surface area contributed by atoms with Crippen LogP contribution in [0.4, 0.5) is 11.5 Å². The molecule has 1 aromatic heterocycles. The smallest absolute Gasteiger partial charge is 0.242 e. The summed E-state index contributed by atoms with van der Waals surface area (Å²) in [6.07, 6.45) is 1.81. The molecule has 3 aromatic rings. The van der Waals surface area contributed by atoms with Crippen LogP contribution in [-0.4, -0.2) is 28.6 Å². The maximum Gasteiger partial charge on any atom is 0.242 e. The number of amides is 2. The summed E-state index contributed by atoms with van der Waals surface area (Å²) in [5.41, 5.74) is 5.59. The Morgan fingerprint density at radius 1 is 0.966 bits per heavy atom. The summed E-state index contributed by atoms with van der Waals surface area (Å²) >= 11 is 0. The molecule has 6 heteroatoms. The van der Waals surface area contributed by atoms with E-state index < -0.39 is 5.41 Å². The molecule has 2 aromatic carbocycles. The van der Waals surface area contributed by atoms with Crippen LogP contribution in [0.3, 0.4) is 0 Å². The van der Waals surface area contributed by atoms with Crippen molar-refractivity contribution >= 4 is 23.3 Å². The molecule has 1 N–H and O–H groups in total. The van der Waals surface area contributed by atoms with Gasteiger partial charge in [-0.2, -0.15) is 5.10 Å². The van der Waals surface area contributed by atoms with Gasteiger partial charge in [-0.1, -0.05) is 35.4 Å². The van der Waals surface area contributed by atoms with Crippen molar-refractivity contribution in [3.8, 4) is 5.69 Å². The zero-order valence-corrected chi connectivity index (χ0v) is 16.9. The minimum atomic E-state index is -1.04. The van der Waals surface area contributed by atoms with Crippen molar-refractivity contribution in [1.29, 1.82) is 0 Å². The fourth-order valence-electron chi connectivity index (χ4n) is 4.75. The number of nitrogens with zero attached hydrogens (tertiary/aromatic N) is 3. The number of likely N-dealkylation sites (N-methyl/N-ethyl adjacent to an activating group) is 1. The van der Waals surface area contributed by atoms with Crippen molar-refractivity contribution in [2.75, 3.05) is 17.3 Å². The summed E-state index contributed by atoms with van der Waals surface area (Å²) in [7, 11) is 1.77. The lowest BCUT2D eigenvalue weighted by molar-refractivity contribution is -0.126. The van der Waals surface area contributed by atoms with Crippen LogP contribution >= 0.6 is 0 Å². The Balaban J connectivity index is 1.79. The number of rotatable bonds is 1. The SMILES string of the molecule is Cc1ccc(-n2ncc3c2NC(=O)C[C@@]32C(=O)N(C)c3ccc(C)cc32)c(C)c1. The minimum absolute atomic E-state index is 0.0815. The number of fused-ring (bicyclic) bond motifs is 4. The molecule has 2 amide bonds. The minimum Gasteiger partial charge on any atom is -0.314 e.